The number of halogens is 1. The van der Waals surface area contributed by atoms with Crippen LogP contribution in [0.15, 0.2) is 40.8 Å². The molecule has 0 saturated heterocycles. The number of nitrogens with zero attached hydrogens (tertiary/aromatic N) is 2. The van der Waals surface area contributed by atoms with Gasteiger partial charge in [0.1, 0.15) is 11.6 Å². The van der Waals surface area contributed by atoms with Crippen LogP contribution in [0.5, 0.6) is 0 Å². The van der Waals surface area contributed by atoms with Crippen molar-refractivity contribution in [2.75, 3.05) is 6.54 Å². The molecule has 0 amide bonds. The molecular weight excluding hydrogens is 365 g/mol. The number of fused-ring (bicyclic) bond motifs is 1. The molecule has 0 atom stereocenters. The summed E-state index contributed by atoms with van der Waals surface area (Å²) in [5.74, 6) is 2.03. The summed E-state index contributed by atoms with van der Waals surface area (Å²) in [5, 5.41) is 3.40. The van der Waals surface area contributed by atoms with Crippen molar-refractivity contribution in [2.24, 2.45) is 0 Å². The van der Waals surface area contributed by atoms with Crippen molar-refractivity contribution in [3.63, 3.8) is 0 Å². The van der Waals surface area contributed by atoms with Gasteiger partial charge in [0.15, 0.2) is 3.77 Å². The quantitative estimate of drug-likeness (QED) is 0.545. The van der Waals surface area contributed by atoms with Crippen LogP contribution < -0.4 is 5.32 Å². The van der Waals surface area contributed by atoms with Crippen LogP contribution in [0.4, 0.5) is 0 Å². The first-order valence-corrected chi connectivity index (χ1v) is 7.69. The molecular formula is C15H16IN3O. The predicted molar refractivity (Wildman–Crippen MR) is 87.6 cm³/mol. The Morgan fingerprint density at radius 1 is 1.25 bits per heavy atom. The lowest BCUT2D eigenvalue weighted by Crippen LogP contribution is -2.19. The fourth-order valence-electron chi connectivity index (χ4n) is 2.33. The average Bonchev–Trinajstić information content (AvgIpc) is 2.98. The number of rotatable bonds is 5. The summed E-state index contributed by atoms with van der Waals surface area (Å²) in [6.45, 7) is 4.60. The molecule has 0 aliphatic carbocycles. The van der Waals surface area contributed by atoms with Crippen molar-refractivity contribution in [2.45, 2.75) is 20.0 Å². The third-order valence-electron chi connectivity index (χ3n) is 3.29. The van der Waals surface area contributed by atoms with Crippen LogP contribution in [0.2, 0.25) is 0 Å². The second kappa shape index (κ2) is 5.97. The lowest BCUT2D eigenvalue weighted by atomic mass is 10.3. The Hall–Kier alpha value is -1.34. The maximum Gasteiger partial charge on any atom is 0.164 e. The van der Waals surface area contributed by atoms with Crippen molar-refractivity contribution in [3.8, 4) is 0 Å². The fourth-order valence-corrected chi connectivity index (χ4v) is 2.79. The van der Waals surface area contributed by atoms with Gasteiger partial charge in [0, 0.05) is 13.1 Å². The molecule has 0 spiro atoms. The molecule has 3 rings (SSSR count). The minimum atomic E-state index is 0.759. The van der Waals surface area contributed by atoms with E-state index in [2.05, 4.69) is 62.6 Å². The van der Waals surface area contributed by atoms with Crippen LogP contribution in [-0.4, -0.2) is 16.1 Å². The molecule has 0 aliphatic heterocycles. The summed E-state index contributed by atoms with van der Waals surface area (Å²) >= 11 is 2.18. The second-order valence-electron chi connectivity index (χ2n) is 4.68. The van der Waals surface area contributed by atoms with Crippen LogP contribution in [0.3, 0.4) is 0 Å². The van der Waals surface area contributed by atoms with Crippen LogP contribution in [-0.2, 0) is 13.1 Å². The van der Waals surface area contributed by atoms with Crippen molar-refractivity contribution in [1.82, 2.24) is 14.9 Å². The Labute approximate surface area is 131 Å². The molecule has 2 aromatic heterocycles. The number of imidazole rings is 1. The molecule has 20 heavy (non-hydrogen) atoms. The molecule has 2 heterocycles. The molecule has 1 N–H and O–H groups in total. The molecule has 4 nitrogen and oxygen atoms in total. The summed E-state index contributed by atoms with van der Waals surface area (Å²) < 4.78 is 8.69. The highest BCUT2D eigenvalue weighted by Gasteiger charge is 2.06. The van der Waals surface area contributed by atoms with E-state index in [0.29, 0.717) is 0 Å². The molecule has 0 bridgehead atoms. The summed E-state index contributed by atoms with van der Waals surface area (Å²) in [4.78, 5) is 4.57. The number of furan rings is 1. The molecule has 5 heteroatoms. The van der Waals surface area contributed by atoms with E-state index in [4.69, 9.17) is 4.42 Å². The number of nitrogens with one attached hydrogen (secondary N) is 1. The van der Waals surface area contributed by atoms with Gasteiger partial charge in [0.05, 0.1) is 17.6 Å². The Kier molecular flexibility index (Phi) is 4.07. The van der Waals surface area contributed by atoms with Gasteiger partial charge in [-0.2, -0.15) is 0 Å². The largest absolute Gasteiger partial charge is 0.454 e. The molecule has 0 unspecified atom stereocenters. The normalized spacial score (nSPS) is 11.3. The lowest BCUT2D eigenvalue weighted by Gasteiger charge is -2.07. The molecule has 0 saturated carbocycles. The van der Waals surface area contributed by atoms with Gasteiger partial charge in [-0.05, 0) is 53.8 Å². The van der Waals surface area contributed by atoms with Gasteiger partial charge in [-0.1, -0.05) is 12.1 Å². The first-order chi connectivity index (χ1) is 9.74. The zero-order valence-corrected chi connectivity index (χ0v) is 13.4. The SMILES string of the molecule is Cc1nc2ccccc2n1CCNCc1ccc(I)o1. The van der Waals surface area contributed by atoms with E-state index in [1.807, 2.05) is 18.2 Å². The number of hydrogen-bond donors (Lipinski definition) is 1. The van der Waals surface area contributed by atoms with E-state index in [-0.39, 0.29) is 0 Å². The van der Waals surface area contributed by atoms with Crippen molar-refractivity contribution >= 4 is 33.6 Å². The zero-order valence-electron chi connectivity index (χ0n) is 11.3. The van der Waals surface area contributed by atoms with Gasteiger partial charge < -0.3 is 14.3 Å². The molecule has 3 aromatic rings. The van der Waals surface area contributed by atoms with Crippen LogP contribution in [0.1, 0.15) is 11.6 Å². The monoisotopic (exact) mass is 381 g/mol. The summed E-state index contributed by atoms with van der Waals surface area (Å²) in [7, 11) is 0. The van der Waals surface area contributed by atoms with Crippen molar-refractivity contribution < 1.29 is 4.42 Å². The molecule has 104 valence electrons. The zero-order chi connectivity index (χ0) is 13.9. The Bertz CT molecular complexity index is 717. The van der Waals surface area contributed by atoms with Gasteiger partial charge in [0.2, 0.25) is 0 Å². The number of aryl methyl sites for hydroxylation is 1. The minimum Gasteiger partial charge on any atom is -0.454 e. The Morgan fingerprint density at radius 3 is 2.90 bits per heavy atom. The number of benzene rings is 1. The average molecular weight is 381 g/mol. The predicted octanol–water partition coefficient (Wildman–Crippen LogP) is 3.33. The lowest BCUT2D eigenvalue weighted by molar-refractivity contribution is 0.458. The van der Waals surface area contributed by atoms with E-state index in [9.17, 15) is 0 Å². The third-order valence-corrected chi connectivity index (χ3v) is 3.87. The summed E-state index contributed by atoms with van der Waals surface area (Å²) in [5.41, 5.74) is 2.25. The van der Waals surface area contributed by atoms with Crippen molar-refractivity contribution in [3.05, 3.63) is 51.7 Å². The van der Waals surface area contributed by atoms with Gasteiger partial charge >= 0.3 is 0 Å². The Morgan fingerprint density at radius 2 is 2.10 bits per heavy atom. The Balaban J connectivity index is 1.61. The number of hydrogen-bond acceptors (Lipinski definition) is 3. The van der Waals surface area contributed by atoms with Crippen LogP contribution >= 0.6 is 22.6 Å². The van der Waals surface area contributed by atoms with E-state index >= 15 is 0 Å². The maximum absolute atomic E-state index is 5.52. The van der Waals surface area contributed by atoms with Crippen LogP contribution in [0, 0.1) is 10.7 Å². The van der Waals surface area contributed by atoms with Gasteiger partial charge in [0.25, 0.3) is 0 Å². The van der Waals surface area contributed by atoms with E-state index in [0.717, 1.165) is 40.5 Å². The highest BCUT2D eigenvalue weighted by atomic mass is 127. The van der Waals surface area contributed by atoms with Crippen LogP contribution in [0.25, 0.3) is 11.0 Å². The van der Waals surface area contributed by atoms with E-state index in [1.54, 1.807) is 0 Å². The third kappa shape index (κ3) is 2.88. The van der Waals surface area contributed by atoms with Gasteiger partial charge in [-0.15, -0.1) is 0 Å². The topological polar surface area (TPSA) is 43.0 Å². The number of aromatic nitrogens is 2. The molecule has 0 radical (unpaired) electrons. The first kappa shape index (κ1) is 13.6. The smallest absolute Gasteiger partial charge is 0.164 e. The maximum atomic E-state index is 5.52. The number of para-hydroxylation sites is 2. The fraction of sp³-hybridized carbons (Fsp3) is 0.267. The molecule has 0 aliphatic rings. The van der Waals surface area contributed by atoms with E-state index < -0.39 is 0 Å². The summed E-state index contributed by atoms with van der Waals surface area (Å²) in [6.07, 6.45) is 0. The molecule has 1 aromatic carbocycles. The highest BCUT2D eigenvalue weighted by Crippen LogP contribution is 2.15. The second-order valence-corrected chi connectivity index (χ2v) is 5.75. The first-order valence-electron chi connectivity index (χ1n) is 6.61. The van der Waals surface area contributed by atoms with Gasteiger partial charge in [-0.25, -0.2) is 4.98 Å². The minimum absolute atomic E-state index is 0.759. The van der Waals surface area contributed by atoms with E-state index in [1.165, 1.54) is 5.52 Å². The highest BCUT2D eigenvalue weighted by molar-refractivity contribution is 14.1. The summed E-state index contributed by atoms with van der Waals surface area (Å²) in [6, 6.07) is 12.2. The van der Waals surface area contributed by atoms with Gasteiger partial charge in [-0.3, -0.25) is 0 Å². The van der Waals surface area contributed by atoms with Crippen molar-refractivity contribution in [1.29, 1.82) is 0 Å². The molecule has 0 fully saturated rings. The standard InChI is InChI=1S/C15H16IN3O/c1-11-18-13-4-2-3-5-14(13)19(11)9-8-17-10-12-6-7-15(16)20-12/h2-7,17H,8-10H2,1H3.